The fourth-order valence-electron chi connectivity index (χ4n) is 1.55. The molecule has 2 aromatic carbocycles. The van der Waals surface area contributed by atoms with Crippen molar-refractivity contribution < 1.29 is 12.8 Å². The van der Waals surface area contributed by atoms with Gasteiger partial charge in [-0.1, -0.05) is 17.7 Å². The van der Waals surface area contributed by atoms with Gasteiger partial charge in [0.05, 0.1) is 21.3 Å². The van der Waals surface area contributed by atoms with Crippen molar-refractivity contribution in [2.75, 3.05) is 10.5 Å². The maximum atomic E-state index is 13.4. The molecule has 20 heavy (non-hydrogen) atoms. The minimum Gasteiger partial charge on any atom is -0.398 e. The predicted molar refractivity (Wildman–Crippen MR) is 77.8 cm³/mol. The standard InChI is InChI=1S/C13H12ClFN2O2S/c1-8-2-3-9(6-12(8)15)17-20(18,19)10-4-5-13(16)11(14)7-10/h2-7,17H,16H2,1H3. The topological polar surface area (TPSA) is 72.2 Å². The summed E-state index contributed by atoms with van der Waals surface area (Å²) in [4.78, 5) is -0.0438. The molecule has 2 aromatic rings. The summed E-state index contributed by atoms with van der Waals surface area (Å²) >= 11 is 5.79. The van der Waals surface area contributed by atoms with Gasteiger partial charge >= 0.3 is 0 Å². The van der Waals surface area contributed by atoms with Crippen molar-refractivity contribution >= 4 is 33.0 Å². The maximum Gasteiger partial charge on any atom is 0.261 e. The molecule has 0 saturated heterocycles. The Morgan fingerprint density at radius 3 is 2.50 bits per heavy atom. The van der Waals surface area contributed by atoms with Crippen LogP contribution in [0.2, 0.25) is 5.02 Å². The number of hydrogen-bond donors (Lipinski definition) is 2. The highest BCUT2D eigenvalue weighted by Crippen LogP contribution is 2.24. The van der Waals surface area contributed by atoms with Crippen molar-refractivity contribution in [1.82, 2.24) is 0 Å². The van der Waals surface area contributed by atoms with Crippen LogP contribution in [0.3, 0.4) is 0 Å². The second kappa shape index (κ2) is 5.30. The van der Waals surface area contributed by atoms with Crippen LogP contribution >= 0.6 is 11.6 Å². The zero-order valence-corrected chi connectivity index (χ0v) is 12.1. The average molecular weight is 315 g/mol. The smallest absolute Gasteiger partial charge is 0.261 e. The minimum atomic E-state index is -3.84. The van der Waals surface area contributed by atoms with Crippen molar-refractivity contribution in [3.8, 4) is 0 Å². The lowest BCUT2D eigenvalue weighted by molar-refractivity contribution is 0.601. The maximum absolute atomic E-state index is 13.4. The fraction of sp³-hybridized carbons (Fsp3) is 0.0769. The molecule has 0 radical (unpaired) electrons. The van der Waals surface area contributed by atoms with Gasteiger partial charge in [-0.05, 0) is 42.8 Å². The van der Waals surface area contributed by atoms with Crippen LogP contribution in [-0.2, 0) is 10.0 Å². The molecule has 0 heterocycles. The van der Waals surface area contributed by atoms with Gasteiger partial charge in [-0.25, -0.2) is 12.8 Å². The quantitative estimate of drug-likeness (QED) is 0.855. The molecule has 0 aliphatic carbocycles. The van der Waals surface area contributed by atoms with Gasteiger partial charge in [0.25, 0.3) is 10.0 Å². The SMILES string of the molecule is Cc1ccc(NS(=O)(=O)c2ccc(N)c(Cl)c2)cc1F. The first kappa shape index (κ1) is 14.6. The molecule has 4 nitrogen and oxygen atoms in total. The van der Waals surface area contributed by atoms with Crippen molar-refractivity contribution in [1.29, 1.82) is 0 Å². The summed E-state index contributed by atoms with van der Waals surface area (Å²) in [6, 6.07) is 8.05. The third kappa shape index (κ3) is 3.02. The van der Waals surface area contributed by atoms with Crippen molar-refractivity contribution in [2.45, 2.75) is 11.8 Å². The van der Waals surface area contributed by atoms with Crippen molar-refractivity contribution in [3.05, 3.63) is 52.8 Å². The fourth-order valence-corrected chi connectivity index (χ4v) is 2.87. The molecule has 0 saturated carbocycles. The first-order valence-electron chi connectivity index (χ1n) is 5.63. The molecule has 0 aromatic heterocycles. The Bertz CT molecular complexity index is 763. The molecule has 0 amide bonds. The lowest BCUT2D eigenvalue weighted by Crippen LogP contribution is -2.13. The number of benzene rings is 2. The summed E-state index contributed by atoms with van der Waals surface area (Å²) < 4.78 is 39.9. The second-order valence-electron chi connectivity index (χ2n) is 4.25. The van der Waals surface area contributed by atoms with Gasteiger partial charge in [0.2, 0.25) is 0 Å². The molecule has 0 aliphatic rings. The van der Waals surface area contributed by atoms with Gasteiger partial charge in [0, 0.05) is 0 Å². The van der Waals surface area contributed by atoms with Crippen LogP contribution in [0.25, 0.3) is 0 Å². The molecular formula is C13H12ClFN2O2S. The summed E-state index contributed by atoms with van der Waals surface area (Å²) in [5, 5.41) is 0.142. The van der Waals surface area contributed by atoms with Crippen LogP contribution in [-0.4, -0.2) is 8.42 Å². The van der Waals surface area contributed by atoms with Gasteiger partial charge in [-0.2, -0.15) is 0 Å². The van der Waals surface area contributed by atoms with E-state index in [0.29, 0.717) is 5.56 Å². The van der Waals surface area contributed by atoms with E-state index in [9.17, 15) is 12.8 Å². The Morgan fingerprint density at radius 2 is 1.90 bits per heavy atom. The van der Waals surface area contributed by atoms with E-state index in [1.165, 1.54) is 30.3 Å². The van der Waals surface area contributed by atoms with Crippen LogP contribution in [0.4, 0.5) is 15.8 Å². The van der Waals surface area contributed by atoms with E-state index < -0.39 is 15.8 Å². The molecule has 0 aliphatic heterocycles. The van der Waals surface area contributed by atoms with E-state index in [4.69, 9.17) is 17.3 Å². The zero-order valence-electron chi connectivity index (χ0n) is 10.5. The minimum absolute atomic E-state index is 0.0438. The largest absolute Gasteiger partial charge is 0.398 e. The highest BCUT2D eigenvalue weighted by molar-refractivity contribution is 7.92. The molecule has 7 heteroatoms. The molecule has 0 unspecified atom stereocenters. The number of rotatable bonds is 3. The number of aryl methyl sites for hydroxylation is 1. The molecule has 0 atom stereocenters. The Labute approximate surface area is 121 Å². The van der Waals surface area contributed by atoms with E-state index in [1.807, 2.05) is 0 Å². The average Bonchev–Trinajstić information content (AvgIpc) is 2.37. The van der Waals surface area contributed by atoms with Gasteiger partial charge < -0.3 is 5.73 Å². The predicted octanol–water partition coefficient (Wildman–Crippen LogP) is 3.17. The summed E-state index contributed by atoms with van der Waals surface area (Å²) in [6.45, 7) is 1.59. The first-order valence-corrected chi connectivity index (χ1v) is 7.50. The number of anilines is 2. The van der Waals surface area contributed by atoms with Gasteiger partial charge in [0.15, 0.2) is 0 Å². The molecule has 0 fully saturated rings. The second-order valence-corrected chi connectivity index (χ2v) is 6.34. The Balaban J connectivity index is 2.35. The number of nitrogens with one attached hydrogen (secondary N) is 1. The number of nitrogens with two attached hydrogens (primary N) is 1. The molecule has 0 bridgehead atoms. The Kier molecular flexibility index (Phi) is 3.87. The van der Waals surface area contributed by atoms with Gasteiger partial charge in [0.1, 0.15) is 5.82 Å². The summed E-state index contributed by atoms with van der Waals surface area (Å²) in [5.41, 5.74) is 6.38. The zero-order chi connectivity index (χ0) is 14.9. The monoisotopic (exact) mass is 314 g/mol. The highest BCUT2D eigenvalue weighted by atomic mass is 35.5. The van der Waals surface area contributed by atoms with E-state index >= 15 is 0 Å². The van der Waals surface area contributed by atoms with Crippen molar-refractivity contribution in [2.24, 2.45) is 0 Å². The lowest BCUT2D eigenvalue weighted by atomic mass is 10.2. The number of nitrogen functional groups attached to an aromatic ring is 1. The summed E-state index contributed by atoms with van der Waals surface area (Å²) in [6.07, 6.45) is 0. The van der Waals surface area contributed by atoms with E-state index in [1.54, 1.807) is 6.92 Å². The van der Waals surface area contributed by atoms with Gasteiger partial charge in [-0.15, -0.1) is 0 Å². The normalized spacial score (nSPS) is 11.3. The summed E-state index contributed by atoms with van der Waals surface area (Å²) in [7, 11) is -3.84. The lowest BCUT2D eigenvalue weighted by Gasteiger charge is -2.09. The van der Waals surface area contributed by atoms with Gasteiger partial charge in [-0.3, -0.25) is 4.72 Å². The third-order valence-electron chi connectivity index (χ3n) is 2.71. The Morgan fingerprint density at radius 1 is 1.20 bits per heavy atom. The van der Waals surface area contributed by atoms with E-state index in [0.717, 1.165) is 6.07 Å². The Hall–Kier alpha value is -1.79. The molecule has 3 N–H and O–H groups in total. The molecule has 2 rings (SSSR count). The van der Waals surface area contributed by atoms with Crippen LogP contribution in [0, 0.1) is 12.7 Å². The van der Waals surface area contributed by atoms with Crippen molar-refractivity contribution in [3.63, 3.8) is 0 Å². The van der Waals surface area contributed by atoms with E-state index in [2.05, 4.69) is 4.72 Å². The van der Waals surface area contributed by atoms with Crippen LogP contribution < -0.4 is 10.5 Å². The molecule has 0 spiro atoms. The van der Waals surface area contributed by atoms with E-state index in [-0.39, 0.29) is 21.3 Å². The summed E-state index contributed by atoms with van der Waals surface area (Å²) in [5.74, 6) is -0.486. The van der Waals surface area contributed by atoms with Crippen LogP contribution in [0.15, 0.2) is 41.3 Å². The number of sulfonamides is 1. The van der Waals surface area contributed by atoms with Crippen LogP contribution in [0.1, 0.15) is 5.56 Å². The van der Waals surface area contributed by atoms with Crippen LogP contribution in [0.5, 0.6) is 0 Å². The highest BCUT2D eigenvalue weighted by Gasteiger charge is 2.16. The number of hydrogen-bond acceptors (Lipinski definition) is 3. The number of halogens is 2. The molecule has 106 valence electrons. The third-order valence-corrected chi connectivity index (χ3v) is 4.41. The first-order chi connectivity index (χ1) is 9.29. The molecular weight excluding hydrogens is 303 g/mol.